The molecule has 0 bridgehead atoms. The summed E-state index contributed by atoms with van der Waals surface area (Å²) in [5.74, 6) is 0. The molecule has 7 heteroatoms. The first-order chi connectivity index (χ1) is 2.41. The van der Waals surface area contributed by atoms with Crippen LogP contribution in [0, 0.1) is 0 Å². The Morgan fingerprint density at radius 1 is 1.14 bits per heavy atom. The van der Waals surface area contributed by atoms with E-state index in [0.29, 0.717) is 0 Å². The topological polar surface area (TPSA) is 43.4 Å². The Morgan fingerprint density at radius 3 is 1.43 bits per heavy atom. The van der Waals surface area contributed by atoms with Crippen molar-refractivity contribution in [2.75, 3.05) is 0 Å². The van der Waals surface area contributed by atoms with Crippen LogP contribution in [-0.2, 0) is 10.4 Å². The Morgan fingerprint density at radius 2 is 1.43 bits per heavy atom. The molecule has 0 fully saturated rings. The first-order valence-electron chi connectivity index (χ1n) is 0.943. The molecular formula is Al2BNaO3. The average Bonchev–Trinajstić information content (AvgIpc) is 1.41. The molecular weight excluding hydrogens is 136 g/mol. The summed E-state index contributed by atoms with van der Waals surface area (Å²) in [6, 6.07) is 0. The average molecular weight is 136 g/mol. The third-order valence-electron chi connectivity index (χ3n) is 0.111. The van der Waals surface area contributed by atoms with Crippen LogP contribution in [0.15, 0.2) is 0 Å². The maximum absolute atomic E-state index is 9.21. The van der Waals surface area contributed by atoms with Gasteiger partial charge in [-0.3, -0.25) is 0 Å². The van der Waals surface area contributed by atoms with Gasteiger partial charge in [-0.1, -0.05) is 0 Å². The summed E-state index contributed by atoms with van der Waals surface area (Å²) < 4.78 is 22.3. The minimum absolute atomic E-state index is 0. The molecule has 0 aromatic heterocycles. The fraction of sp³-hybridized carbons (Fsp3) is 0. The molecule has 0 rings (SSSR count). The van der Waals surface area contributed by atoms with Crippen LogP contribution in [0.5, 0.6) is 0 Å². The van der Waals surface area contributed by atoms with Gasteiger partial charge in [0.15, 0.2) is 0 Å². The van der Waals surface area contributed by atoms with Gasteiger partial charge in [0.1, 0.15) is 0 Å². The SMILES string of the molecule is [B-].[Na+].[O]=[Al][O][Al]=[O]. The standard InChI is InChI=1S/2Al.B.Na.3O/q;;-1;+1;;;. The molecule has 0 atom stereocenters. The van der Waals surface area contributed by atoms with Gasteiger partial charge in [0.2, 0.25) is 0 Å². The Kier molecular flexibility index (Phi) is 35.4. The molecule has 0 heterocycles. The van der Waals surface area contributed by atoms with E-state index in [9.17, 15) is 7.61 Å². The summed E-state index contributed by atoms with van der Waals surface area (Å²) in [6.07, 6.45) is 0. The van der Waals surface area contributed by atoms with E-state index >= 15 is 0 Å². The van der Waals surface area contributed by atoms with E-state index in [2.05, 4.69) is 2.84 Å². The third kappa shape index (κ3) is 18.5. The molecule has 0 aliphatic carbocycles. The van der Waals surface area contributed by atoms with E-state index in [1.807, 2.05) is 0 Å². The molecule has 0 saturated heterocycles. The van der Waals surface area contributed by atoms with E-state index in [-0.39, 0.29) is 38.0 Å². The number of rotatable bonds is 2. The summed E-state index contributed by atoms with van der Waals surface area (Å²) >= 11 is -2.48. The molecule has 0 amide bonds. The quantitative estimate of drug-likeness (QED) is 0.359. The molecule has 0 unspecified atom stereocenters. The van der Waals surface area contributed by atoms with Gasteiger partial charge in [-0.15, -0.1) is 0 Å². The maximum atomic E-state index is 9.21. The van der Waals surface area contributed by atoms with E-state index in [4.69, 9.17) is 0 Å². The summed E-state index contributed by atoms with van der Waals surface area (Å²) in [6.45, 7) is 0. The zero-order chi connectivity index (χ0) is 4.12. The third-order valence-corrected chi connectivity index (χ3v) is 1.00. The summed E-state index contributed by atoms with van der Waals surface area (Å²) in [5, 5.41) is 0. The first kappa shape index (κ1) is 15.8. The molecule has 0 aliphatic rings. The molecule has 0 aromatic carbocycles. The van der Waals surface area contributed by atoms with Crippen LogP contribution >= 0.6 is 0 Å². The van der Waals surface area contributed by atoms with Gasteiger partial charge in [0, 0.05) is 0 Å². The molecule has 0 saturated carbocycles. The van der Waals surface area contributed by atoms with Crippen LogP contribution in [0.1, 0.15) is 0 Å². The molecule has 0 aromatic rings. The Balaban J connectivity index is -0.0000000800. The molecule has 3 nitrogen and oxygen atoms in total. The zero-order valence-corrected chi connectivity index (χ0v) is 8.27. The van der Waals surface area contributed by atoms with Crippen LogP contribution in [-0.4, -0.2) is 39.4 Å². The van der Waals surface area contributed by atoms with Crippen molar-refractivity contribution in [3.05, 3.63) is 0 Å². The molecule has 0 aliphatic heterocycles. The second kappa shape index (κ2) is 15.6. The summed E-state index contributed by atoms with van der Waals surface area (Å²) in [7, 11) is 0. The minimum atomic E-state index is -1.24. The Hall–Kier alpha value is 1.53. The first-order valence-corrected chi connectivity index (χ1v) is 2.83. The van der Waals surface area contributed by atoms with Crippen LogP contribution in [0.3, 0.4) is 0 Å². The van der Waals surface area contributed by atoms with Gasteiger partial charge in [0.25, 0.3) is 0 Å². The second-order valence-corrected chi connectivity index (χ2v) is 1.80. The van der Waals surface area contributed by atoms with Gasteiger partial charge < -0.3 is 8.41 Å². The Labute approximate surface area is 78.6 Å². The van der Waals surface area contributed by atoms with Crippen molar-refractivity contribution in [3.8, 4) is 0 Å². The van der Waals surface area contributed by atoms with Gasteiger partial charge in [-0.05, 0) is 0 Å². The molecule has 0 N–H and O–H groups in total. The van der Waals surface area contributed by atoms with Crippen LogP contribution in [0.2, 0.25) is 0 Å². The summed E-state index contributed by atoms with van der Waals surface area (Å²) in [4.78, 5) is 0. The molecule has 28 valence electrons. The van der Waals surface area contributed by atoms with Gasteiger partial charge in [0.05, 0.1) is 0 Å². The van der Waals surface area contributed by atoms with Crippen molar-refractivity contribution in [1.29, 1.82) is 0 Å². The van der Waals surface area contributed by atoms with E-state index in [0.717, 1.165) is 0 Å². The molecule has 4 radical (unpaired) electrons. The van der Waals surface area contributed by atoms with E-state index in [1.54, 1.807) is 0 Å². The van der Waals surface area contributed by atoms with Crippen LogP contribution in [0.4, 0.5) is 0 Å². The monoisotopic (exact) mass is 136 g/mol. The van der Waals surface area contributed by atoms with Gasteiger partial charge in [-0.2, -0.15) is 0 Å². The molecule has 0 spiro atoms. The fourth-order valence-electron chi connectivity index (χ4n) is 0.0227. The predicted octanol–water partition coefficient (Wildman–Crippen LogP) is -4.44. The number of hydrogen-bond acceptors (Lipinski definition) is 3. The normalized spacial score (nSPS) is 2.86. The van der Waals surface area contributed by atoms with Crippen molar-refractivity contribution >= 4 is 39.4 Å². The van der Waals surface area contributed by atoms with Crippen molar-refractivity contribution in [3.63, 3.8) is 0 Å². The van der Waals surface area contributed by atoms with E-state index in [1.165, 1.54) is 0 Å². The molecule has 7 heavy (non-hydrogen) atoms. The van der Waals surface area contributed by atoms with Gasteiger partial charge >= 0.3 is 71.0 Å². The van der Waals surface area contributed by atoms with Crippen molar-refractivity contribution in [1.82, 2.24) is 0 Å². The Bertz CT molecular complexity index is 42.2. The van der Waals surface area contributed by atoms with Crippen molar-refractivity contribution in [2.24, 2.45) is 0 Å². The zero-order valence-electron chi connectivity index (χ0n) is 3.96. The fourth-order valence-corrected chi connectivity index (χ4v) is 0.204. The predicted molar refractivity (Wildman–Crippen MR) is 19.7 cm³/mol. The van der Waals surface area contributed by atoms with Gasteiger partial charge in [-0.25, -0.2) is 0 Å². The van der Waals surface area contributed by atoms with Crippen LogP contribution in [0.25, 0.3) is 0 Å². The van der Waals surface area contributed by atoms with Crippen molar-refractivity contribution < 1.29 is 40.0 Å². The second-order valence-electron chi connectivity index (χ2n) is 0.329. The van der Waals surface area contributed by atoms with E-state index < -0.39 is 31.0 Å². The van der Waals surface area contributed by atoms with Crippen molar-refractivity contribution in [2.45, 2.75) is 0 Å². The van der Waals surface area contributed by atoms with Crippen LogP contribution < -0.4 is 29.6 Å². The number of hydrogen-bond donors (Lipinski definition) is 0. The summed E-state index contributed by atoms with van der Waals surface area (Å²) in [5.41, 5.74) is 0.